The zero-order valence-corrected chi connectivity index (χ0v) is 11.0. The summed E-state index contributed by atoms with van der Waals surface area (Å²) < 4.78 is 5.20. The van der Waals surface area contributed by atoms with E-state index in [1.807, 2.05) is 6.07 Å². The molecule has 1 aliphatic rings. The predicted molar refractivity (Wildman–Crippen MR) is 70.8 cm³/mol. The fourth-order valence-corrected chi connectivity index (χ4v) is 1.99. The molecule has 0 saturated carbocycles. The lowest BCUT2D eigenvalue weighted by atomic mass is 10.2. The molecule has 1 aliphatic heterocycles. The van der Waals surface area contributed by atoms with Gasteiger partial charge in [0.15, 0.2) is 0 Å². The number of benzene rings is 1. The number of carbonyl (C=O) groups excluding carboxylic acids is 2. The number of morpholine rings is 1. The van der Waals surface area contributed by atoms with Crippen LogP contribution in [-0.4, -0.2) is 49.1 Å². The van der Waals surface area contributed by atoms with Gasteiger partial charge < -0.3 is 15.0 Å². The number of nitrogens with zero attached hydrogens (tertiary/aromatic N) is 1. The molecule has 1 heterocycles. The van der Waals surface area contributed by atoms with Crippen LogP contribution in [0.25, 0.3) is 0 Å². The Labute approximate surface area is 112 Å². The standard InChI is InChI=1S/C14H18N2O3/c1-11(14(18)16-7-9-19-10-8-16)15-13(17)12-5-3-2-4-6-12/h2-6,11H,7-10H2,1H3,(H,15,17)/t11-/m0/s1. The van der Waals surface area contributed by atoms with Gasteiger partial charge in [-0.05, 0) is 19.1 Å². The molecule has 1 atom stereocenters. The summed E-state index contributed by atoms with van der Waals surface area (Å²) in [6.07, 6.45) is 0. The molecule has 1 saturated heterocycles. The molecule has 2 rings (SSSR count). The summed E-state index contributed by atoms with van der Waals surface area (Å²) in [5, 5.41) is 2.72. The quantitative estimate of drug-likeness (QED) is 0.870. The van der Waals surface area contributed by atoms with Gasteiger partial charge in [0.1, 0.15) is 6.04 Å². The van der Waals surface area contributed by atoms with E-state index in [0.29, 0.717) is 31.9 Å². The van der Waals surface area contributed by atoms with E-state index in [4.69, 9.17) is 4.74 Å². The first-order chi connectivity index (χ1) is 9.18. The van der Waals surface area contributed by atoms with E-state index in [-0.39, 0.29) is 11.8 Å². The number of carbonyl (C=O) groups is 2. The minimum atomic E-state index is -0.522. The summed E-state index contributed by atoms with van der Waals surface area (Å²) in [4.78, 5) is 25.8. The van der Waals surface area contributed by atoms with E-state index in [2.05, 4.69) is 5.32 Å². The lowest BCUT2D eigenvalue weighted by Crippen LogP contribution is -2.50. The largest absolute Gasteiger partial charge is 0.378 e. The Morgan fingerprint density at radius 2 is 1.84 bits per heavy atom. The van der Waals surface area contributed by atoms with E-state index in [1.54, 1.807) is 36.1 Å². The first-order valence-corrected chi connectivity index (χ1v) is 6.41. The SMILES string of the molecule is C[C@H](NC(=O)c1ccccc1)C(=O)N1CCOCC1. The lowest BCUT2D eigenvalue weighted by Gasteiger charge is -2.29. The van der Waals surface area contributed by atoms with Gasteiger partial charge in [-0.2, -0.15) is 0 Å². The van der Waals surface area contributed by atoms with Gasteiger partial charge in [0, 0.05) is 18.7 Å². The normalized spacial score (nSPS) is 16.8. The van der Waals surface area contributed by atoms with Crippen molar-refractivity contribution in [3.63, 3.8) is 0 Å². The molecule has 0 spiro atoms. The third-order valence-electron chi connectivity index (χ3n) is 3.08. The molecule has 2 amide bonds. The minimum Gasteiger partial charge on any atom is -0.378 e. The first kappa shape index (κ1) is 13.5. The Kier molecular flexibility index (Phi) is 4.52. The van der Waals surface area contributed by atoms with Crippen molar-refractivity contribution < 1.29 is 14.3 Å². The Balaban J connectivity index is 1.91. The molecule has 19 heavy (non-hydrogen) atoms. The van der Waals surface area contributed by atoms with Crippen molar-refractivity contribution in [2.24, 2.45) is 0 Å². The molecule has 1 fully saturated rings. The summed E-state index contributed by atoms with van der Waals surface area (Å²) in [5.41, 5.74) is 0.559. The second-order valence-electron chi connectivity index (χ2n) is 4.50. The zero-order chi connectivity index (χ0) is 13.7. The van der Waals surface area contributed by atoms with Gasteiger partial charge in [-0.15, -0.1) is 0 Å². The third kappa shape index (κ3) is 3.54. The van der Waals surface area contributed by atoms with Crippen molar-refractivity contribution in [1.29, 1.82) is 0 Å². The summed E-state index contributed by atoms with van der Waals surface area (Å²) >= 11 is 0. The number of hydrogen-bond acceptors (Lipinski definition) is 3. The van der Waals surface area contributed by atoms with Gasteiger partial charge >= 0.3 is 0 Å². The average Bonchev–Trinajstić information content (AvgIpc) is 2.48. The number of rotatable bonds is 3. The van der Waals surface area contributed by atoms with Crippen LogP contribution in [-0.2, 0) is 9.53 Å². The van der Waals surface area contributed by atoms with Crippen LogP contribution >= 0.6 is 0 Å². The summed E-state index contributed by atoms with van der Waals surface area (Å²) in [6.45, 7) is 4.00. The van der Waals surface area contributed by atoms with Crippen LogP contribution in [0.2, 0.25) is 0 Å². The van der Waals surface area contributed by atoms with Crippen molar-refractivity contribution in [3.8, 4) is 0 Å². The van der Waals surface area contributed by atoms with Crippen molar-refractivity contribution >= 4 is 11.8 Å². The van der Waals surface area contributed by atoms with Gasteiger partial charge in [0.2, 0.25) is 5.91 Å². The van der Waals surface area contributed by atoms with Crippen LogP contribution in [0.3, 0.4) is 0 Å². The molecule has 1 N–H and O–H groups in total. The second kappa shape index (κ2) is 6.33. The van der Waals surface area contributed by atoms with E-state index >= 15 is 0 Å². The Hall–Kier alpha value is -1.88. The van der Waals surface area contributed by atoms with E-state index < -0.39 is 6.04 Å². The maximum atomic E-state index is 12.1. The highest BCUT2D eigenvalue weighted by Crippen LogP contribution is 2.03. The highest BCUT2D eigenvalue weighted by Gasteiger charge is 2.23. The molecule has 0 bridgehead atoms. The molecule has 0 aromatic heterocycles. The molecule has 0 aliphatic carbocycles. The second-order valence-corrected chi connectivity index (χ2v) is 4.50. The maximum Gasteiger partial charge on any atom is 0.251 e. The summed E-state index contributed by atoms with van der Waals surface area (Å²) in [5.74, 6) is -0.290. The topological polar surface area (TPSA) is 58.6 Å². The van der Waals surface area contributed by atoms with Crippen LogP contribution < -0.4 is 5.32 Å². The molecule has 5 nitrogen and oxygen atoms in total. The summed E-state index contributed by atoms with van der Waals surface area (Å²) in [6, 6.07) is 8.36. The van der Waals surface area contributed by atoms with Gasteiger partial charge in [0.25, 0.3) is 5.91 Å². The van der Waals surface area contributed by atoms with E-state index in [1.165, 1.54) is 0 Å². The molecule has 5 heteroatoms. The number of hydrogen-bond donors (Lipinski definition) is 1. The smallest absolute Gasteiger partial charge is 0.251 e. The first-order valence-electron chi connectivity index (χ1n) is 6.41. The fourth-order valence-electron chi connectivity index (χ4n) is 1.99. The molecule has 1 aromatic rings. The number of amides is 2. The van der Waals surface area contributed by atoms with Crippen LogP contribution in [0.15, 0.2) is 30.3 Å². The monoisotopic (exact) mass is 262 g/mol. The lowest BCUT2D eigenvalue weighted by molar-refractivity contribution is -0.136. The van der Waals surface area contributed by atoms with Crippen LogP contribution in [0.1, 0.15) is 17.3 Å². The predicted octanol–water partition coefficient (Wildman–Crippen LogP) is 0.664. The van der Waals surface area contributed by atoms with Gasteiger partial charge in [-0.25, -0.2) is 0 Å². The van der Waals surface area contributed by atoms with E-state index in [9.17, 15) is 9.59 Å². The zero-order valence-electron chi connectivity index (χ0n) is 11.0. The van der Waals surface area contributed by atoms with Gasteiger partial charge in [0.05, 0.1) is 13.2 Å². The average molecular weight is 262 g/mol. The van der Waals surface area contributed by atoms with Crippen LogP contribution in [0, 0.1) is 0 Å². The number of nitrogens with one attached hydrogen (secondary N) is 1. The minimum absolute atomic E-state index is 0.0624. The number of ether oxygens (including phenoxy) is 1. The molecular formula is C14H18N2O3. The highest BCUT2D eigenvalue weighted by atomic mass is 16.5. The van der Waals surface area contributed by atoms with Gasteiger partial charge in [-0.1, -0.05) is 18.2 Å². The molecule has 1 aromatic carbocycles. The van der Waals surface area contributed by atoms with Crippen molar-refractivity contribution in [3.05, 3.63) is 35.9 Å². The summed E-state index contributed by atoms with van der Waals surface area (Å²) in [7, 11) is 0. The molecule has 102 valence electrons. The molecular weight excluding hydrogens is 244 g/mol. The van der Waals surface area contributed by atoms with Crippen LogP contribution in [0.5, 0.6) is 0 Å². The van der Waals surface area contributed by atoms with E-state index in [0.717, 1.165) is 0 Å². The third-order valence-corrected chi connectivity index (χ3v) is 3.08. The maximum absolute atomic E-state index is 12.1. The van der Waals surface area contributed by atoms with Crippen LogP contribution in [0.4, 0.5) is 0 Å². The molecule has 0 unspecified atom stereocenters. The van der Waals surface area contributed by atoms with Crippen molar-refractivity contribution in [2.45, 2.75) is 13.0 Å². The van der Waals surface area contributed by atoms with Crippen molar-refractivity contribution in [2.75, 3.05) is 26.3 Å². The highest BCUT2D eigenvalue weighted by molar-refractivity contribution is 5.97. The Morgan fingerprint density at radius 1 is 1.21 bits per heavy atom. The van der Waals surface area contributed by atoms with Gasteiger partial charge in [-0.3, -0.25) is 9.59 Å². The Bertz CT molecular complexity index is 441. The Morgan fingerprint density at radius 3 is 2.47 bits per heavy atom. The fraction of sp³-hybridized carbons (Fsp3) is 0.429. The molecule has 0 radical (unpaired) electrons. The van der Waals surface area contributed by atoms with Crippen molar-refractivity contribution in [1.82, 2.24) is 10.2 Å².